The predicted molar refractivity (Wildman–Crippen MR) is 92.3 cm³/mol. The van der Waals surface area contributed by atoms with E-state index in [0.717, 1.165) is 25.9 Å². The van der Waals surface area contributed by atoms with Crippen LogP contribution in [0.1, 0.15) is 33.6 Å². The Kier molecular flexibility index (Phi) is 5.96. The van der Waals surface area contributed by atoms with Gasteiger partial charge in [0.1, 0.15) is 0 Å². The summed E-state index contributed by atoms with van der Waals surface area (Å²) in [5.41, 5.74) is 0.898. The van der Waals surface area contributed by atoms with Crippen molar-refractivity contribution in [2.24, 2.45) is 5.92 Å². The van der Waals surface area contributed by atoms with E-state index in [-0.39, 0.29) is 42.6 Å². The maximum absolute atomic E-state index is 12.4. The van der Waals surface area contributed by atoms with Crippen molar-refractivity contribution in [3.8, 4) is 0 Å². The molecule has 1 aromatic rings. The molecule has 6 nitrogen and oxygen atoms in total. The van der Waals surface area contributed by atoms with Gasteiger partial charge in [-0.15, -0.1) is 12.4 Å². The summed E-state index contributed by atoms with van der Waals surface area (Å²) in [6.07, 6.45) is 1.69. The molecule has 0 aliphatic carbocycles. The zero-order valence-corrected chi connectivity index (χ0v) is 14.5. The molecule has 24 heavy (non-hydrogen) atoms. The Morgan fingerprint density at radius 2 is 1.71 bits per heavy atom. The number of halogens is 1. The molecule has 1 N–H and O–H groups in total. The van der Waals surface area contributed by atoms with Crippen LogP contribution in [-0.4, -0.2) is 60.7 Å². The van der Waals surface area contributed by atoms with Crippen LogP contribution in [0.2, 0.25) is 0 Å². The summed E-state index contributed by atoms with van der Waals surface area (Å²) in [6, 6.07) is 6.83. The SMILES string of the molecule is CN(CCN1C(=O)c2ccccc2C1=O)C(=O)C1CCNCC1.Cl. The summed E-state index contributed by atoms with van der Waals surface area (Å²) < 4.78 is 0. The molecule has 2 aliphatic heterocycles. The maximum atomic E-state index is 12.4. The number of carbonyl (C=O) groups is 3. The average molecular weight is 352 g/mol. The third-order valence-electron chi connectivity index (χ3n) is 4.60. The quantitative estimate of drug-likeness (QED) is 0.826. The van der Waals surface area contributed by atoms with Gasteiger partial charge in [0.25, 0.3) is 11.8 Å². The predicted octanol–water partition coefficient (Wildman–Crippen LogP) is 1.16. The second kappa shape index (κ2) is 7.77. The van der Waals surface area contributed by atoms with Crippen LogP contribution in [0.4, 0.5) is 0 Å². The lowest BCUT2D eigenvalue weighted by atomic mass is 9.97. The minimum Gasteiger partial charge on any atom is -0.344 e. The zero-order valence-electron chi connectivity index (χ0n) is 13.7. The topological polar surface area (TPSA) is 69.7 Å². The van der Waals surface area contributed by atoms with Crippen LogP contribution in [-0.2, 0) is 4.79 Å². The lowest BCUT2D eigenvalue weighted by Crippen LogP contribution is -2.43. The van der Waals surface area contributed by atoms with E-state index < -0.39 is 0 Å². The molecule has 1 fully saturated rings. The molecule has 2 aliphatic rings. The monoisotopic (exact) mass is 351 g/mol. The summed E-state index contributed by atoms with van der Waals surface area (Å²) in [4.78, 5) is 39.8. The number of piperidine rings is 1. The number of nitrogens with one attached hydrogen (secondary N) is 1. The summed E-state index contributed by atoms with van der Waals surface area (Å²) in [5.74, 6) is -0.395. The number of amides is 3. The lowest BCUT2D eigenvalue weighted by Gasteiger charge is -2.27. The van der Waals surface area contributed by atoms with Crippen molar-refractivity contribution < 1.29 is 14.4 Å². The molecule has 2 heterocycles. The Morgan fingerprint density at radius 3 is 2.25 bits per heavy atom. The Bertz CT molecular complexity index is 609. The number of carbonyl (C=O) groups excluding carboxylic acids is 3. The number of hydrogen-bond donors (Lipinski definition) is 1. The first-order valence-corrected chi connectivity index (χ1v) is 8.00. The Labute approximate surface area is 147 Å². The highest BCUT2D eigenvalue weighted by molar-refractivity contribution is 6.21. The van der Waals surface area contributed by atoms with E-state index in [4.69, 9.17) is 0 Å². The van der Waals surface area contributed by atoms with E-state index in [2.05, 4.69) is 5.32 Å². The normalized spacial score (nSPS) is 17.5. The number of benzene rings is 1. The zero-order chi connectivity index (χ0) is 16.4. The van der Waals surface area contributed by atoms with Crippen molar-refractivity contribution in [1.82, 2.24) is 15.1 Å². The molecule has 0 bridgehead atoms. The van der Waals surface area contributed by atoms with Gasteiger partial charge >= 0.3 is 0 Å². The van der Waals surface area contributed by atoms with Crippen LogP contribution in [0.25, 0.3) is 0 Å². The molecule has 3 amide bonds. The molecule has 0 saturated carbocycles. The van der Waals surface area contributed by atoms with Crippen molar-refractivity contribution in [1.29, 1.82) is 0 Å². The van der Waals surface area contributed by atoms with Crippen molar-refractivity contribution in [3.63, 3.8) is 0 Å². The van der Waals surface area contributed by atoms with Crippen LogP contribution in [0.15, 0.2) is 24.3 Å². The van der Waals surface area contributed by atoms with Gasteiger partial charge in [0.2, 0.25) is 5.91 Å². The smallest absolute Gasteiger partial charge is 0.261 e. The van der Waals surface area contributed by atoms with Crippen LogP contribution in [0, 0.1) is 5.92 Å². The van der Waals surface area contributed by atoms with Gasteiger partial charge in [0.05, 0.1) is 11.1 Å². The summed E-state index contributed by atoms with van der Waals surface area (Å²) in [5, 5.41) is 3.24. The molecular weight excluding hydrogens is 330 g/mol. The molecule has 0 unspecified atom stereocenters. The van der Waals surface area contributed by atoms with E-state index in [1.54, 1.807) is 36.2 Å². The molecule has 1 saturated heterocycles. The molecule has 0 radical (unpaired) electrons. The van der Waals surface area contributed by atoms with Crippen LogP contribution in [0.5, 0.6) is 0 Å². The largest absolute Gasteiger partial charge is 0.344 e. The second-order valence-electron chi connectivity index (χ2n) is 6.09. The highest BCUT2D eigenvalue weighted by Crippen LogP contribution is 2.22. The fraction of sp³-hybridized carbons (Fsp3) is 0.471. The third kappa shape index (κ3) is 3.44. The number of nitrogens with zero attached hydrogens (tertiary/aromatic N) is 2. The summed E-state index contributed by atoms with van der Waals surface area (Å²) in [7, 11) is 1.74. The highest BCUT2D eigenvalue weighted by Gasteiger charge is 2.35. The van der Waals surface area contributed by atoms with Gasteiger partial charge < -0.3 is 10.2 Å². The molecule has 0 atom stereocenters. The number of hydrogen-bond acceptors (Lipinski definition) is 4. The maximum Gasteiger partial charge on any atom is 0.261 e. The van der Waals surface area contributed by atoms with Crippen molar-refractivity contribution in [2.45, 2.75) is 12.8 Å². The fourth-order valence-electron chi connectivity index (χ4n) is 3.18. The fourth-order valence-corrected chi connectivity index (χ4v) is 3.18. The number of fused-ring (bicyclic) bond motifs is 1. The summed E-state index contributed by atoms with van der Waals surface area (Å²) in [6.45, 7) is 2.33. The third-order valence-corrected chi connectivity index (χ3v) is 4.60. The second-order valence-corrected chi connectivity index (χ2v) is 6.09. The lowest BCUT2D eigenvalue weighted by molar-refractivity contribution is -0.135. The number of rotatable bonds is 4. The minimum atomic E-state index is -0.270. The molecule has 3 rings (SSSR count). The van der Waals surface area contributed by atoms with Gasteiger partial charge in [-0.3, -0.25) is 19.3 Å². The van der Waals surface area contributed by atoms with Crippen LogP contribution in [0.3, 0.4) is 0 Å². The highest BCUT2D eigenvalue weighted by atomic mass is 35.5. The van der Waals surface area contributed by atoms with Gasteiger partial charge in [0, 0.05) is 26.1 Å². The molecule has 1 aromatic carbocycles. The molecule has 130 valence electrons. The van der Waals surface area contributed by atoms with E-state index in [0.29, 0.717) is 17.7 Å². The van der Waals surface area contributed by atoms with Gasteiger partial charge in [-0.05, 0) is 38.1 Å². The first-order valence-electron chi connectivity index (χ1n) is 8.00. The van der Waals surface area contributed by atoms with Gasteiger partial charge in [0.15, 0.2) is 0 Å². The minimum absolute atomic E-state index is 0. The molecular formula is C17H22ClN3O3. The average Bonchev–Trinajstić information content (AvgIpc) is 2.84. The number of imide groups is 1. The van der Waals surface area contributed by atoms with E-state index >= 15 is 0 Å². The van der Waals surface area contributed by atoms with Gasteiger partial charge in [-0.25, -0.2) is 0 Å². The molecule has 0 spiro atoms. The standard InChI is InChI=1S/C17H21N3O3.ClH/c1-19(15(21)12-6-8-18-9-7-12)10-11-20-16(22)13-4-2-3-5-14(13)17(20)23;/h2-5,12,18H,6-11H2,1H3;1H. The Morgan fingerprint density at radius 1 is 1.17 bits per heavy atom. The van der Waals surface area contributed by atoms with Crippen molar-refractivity contribution in [3.05, 3.63) is 35.4 Å². The van der Waals surface area contributed by atoms with Gasteiger partial charge in [-0.1, -0.05) is 12.1 Å². The van der Waals surface area contributed by atoms with Crippen molar-refractivity contribution >= 4 is 30.1 Å². The first kappa shape index (κ1) is 18.4. The van der Waals surface area contributed by atoms with E-state index in [1.807, 2.05) is 0 Å². The molecule has 7 heteroatoms. The number of likely N-dealkylation sites (N-methyl/N-ethyl adjacent to an activating group) is 1. The molecule has 0 aromatic heterocycles. The van der Waals surface area contributed by atoms with Crippen LogP contribution < -0.4 is 5.32 Å². The van der Waals surface area contributed by atoms with E-state index in [9.17, 15) is 14.4 Å². The van der Waals surface area contributed by atoms with Crippen molar-refractivity contribution in [2.75, 3.05) is 33.2 Å². The summed E-state index contributed by atoms with van der Waals surface area (Å²) >= 11 is 0. The van der Waals surface area contributed by atoms with Crippen LogP contribution >= 0.6 is 12.4 Å². The van der Waals surface area contributed by atoms with Gasteiger partial charge in [-0.2, -0.15) is 0 Å². The first-order chi connectivity index (χ1) is 11.1. The van der Waals surface area contributed by atoms with E-state index in [1.165, 1.54) is 4.90 Å². The Balaban J connectivity index is 0.00000208. The Hall–Kier alpha value is -1.92.